The third-order valence-electron chi connectivity index (χ3n) is 10.1. The van der Waals surface area contributed by atoms with Gasteiger partial charge in [-0.15, -0.1) is 0 Å². The number of pyridine rings is 1. The maximum Gasteiger partial charge on any atom is 0.196 e. The average Bonchev–Trinajstić information content (AvgIpc) is 3.74. The number of benzene rings is 7. The van der Waals surface area contributed by atoms with E-state index in [2.05, 4.69) is 154 Å². The topological polar surface area (TPSA) is 27.1 Å². The van der Waals surface area contributed by atoms with Crippen LogP contribution in [0.1, 0.15) is 0 Å². The number of aromatic nitrogens is 3. The van der Waals surface area contributed by atoms with Crippen LogP contribution in [0.3, 0.4) is 0 Å². The highest BCUT2D eigenvalue weighted by Crippen LogP contribution is 2.42. The fourth-order valence-corrected chi connectivity index (χ4v) is 7.81. The van der Waals surface area contributed by atoms with E-state index in [-0.39, 0.29) is 0 Å². The van der Waals surface area contributed by atoms with E-state index in [1.807, 2.05) is 42.5 Å². The van der Waals surface area contributed by atoms with Gasteiger partial charge in [-0.05, 0) is 65.7 Å². The Labute approximate surface area is 300 Å². The van der Waals surface area contributed by atoms with E-state index in [9.17, 15) is 0 Å². The van der Waals surface area contributed by atoms with Gasteiger partial charge in [-0.2, -0.15) is 0 Å². The Morgan fingerprint density at radius 1 is 0.423 bits per heavy atom. The number of hydrogen-bond donors (Lipinski definition) is 0. The molecule has 0 aliphatic heterocycles. The molecule has 0 amide bonds. The van der Waals surface area contributed by atoms with Crippen molar-refractivity contribution in [2.75, 3.05) is 0 Å². The molecule has 3 aromatic heterocycles. The fourth-order valence-electron chi connectivity index (χ4n) is 7.81. The maximum atomic E-state index is 7.81. The van der Waals surface area contributed by atoms with Gasteiger partial charge in [0.2, 0.25) is 0 Å². The minimum Gasteiger partial charge on any atom is -0.309 e. The van der Waals surface area contributed by atoms with Gasteiger partial charge in [0.1, 0.15) is 0 Å². The smallest absolute Gasteiger partial charge is 0.196 e. The van der Waals surface area contributed by atoms with Crippen molar-refractivity contribution in [1.29, 1.82) is 0 Å². The Morgan fingerprint density at radius 2 is 1.04 bits per heavy atom. The molecular formula is C48H30N4. The van der Waals surface area contributed by atoms with Crippen molar-refractivity contribution in [2.24, 2.45) is 0 Å². The van der Waals surface area contributed by atoms with Crippen LogP contribution in [-0.2, 0) is 0 Å². The number of hydrogen-bond acceptors (Lipinski definition) is 1. The highest BCUT2D eigenvalue weighted by Gasteiger charge is 2.21. The van der Waals surface area contributed by atoms with Gasteiger partial charge in [-0.25, -0.2) is 9.83 Å². The molecule has 7 aromatic carbocycles. The van der Waals surface area contributed by atoms with Crippen LogP contribution in [0.5, 0.6) is 0 Å². The molecule has 52 heavy (non-hydrogen) atoms. The molecule has 10 rings (SSSR count). The minimum absolute atomic E-state index is 0.591. The van der Waals surface area contributed by atoms with Crippen LogP contribution in [0.15, 0.2) is 182 Å². The van der Waals surface area contributed by atoms with Crippen LogP contribution in [0.2, 0.25) is 0 Å². The third-order valence-corrected chi connectivity index (χ3v) is 10.1. The molecule has 0 aliphatic carbocycles. The lowest BCUT2D eigenvalue weighted by atomic mass is 9.99. The van der Waals surface area contributed by atoms with Crippen molar-refractivity contribution in [2.45, 2.75) is 0 Å². The van der Waals surface area contributed by atoms with E-state index in [1.54, 1.807) is 0 Å². The first-order valence-electron chi connectivity index (χ1n) is 17.4. The molecule has 242 valence electrons. The van der Waals surface area contributed by atoms with E-state index in [0.717, 1.165) is 45.0 Å². The first kappa shape index (κ1) is 29.7. The van der Waals surface area contributed by atoms with E-state index in [1.165, 1.54) is 43.6 Å². The molecule has 0 spiro atoms. The van der Waals surface area contributed by atoms with E-state index in [4.69, 9.17) is 11.6 Å². The van der Waals surface area contributed by atoms with Crippen LogP contribution in [0.4, 0.5) is 5.69 Å². The zero-order valence-electron chi connectivity index (χ0n) is 28.1. The van der Waals surface area contributed by atoms with Crippen LogP contribution < -0.4 is 0 Å². The summed E-state index contributed by atoms with van der Waals surface area (Å²) in [6.07, 6.45) is 0. The fraction of sp³-hybridized carbons (Fsp3) is 0. The highest BCUT2D eigenvalue weighted by molar-refractivity contribution is 6.26. The Kier molecular flexibility index (Phi) is 6.84. The summed E-state index contributed by atoms with van der Waals surface area (Å²) in [4.78, 5) is 8.87. The molecule has 0 aliphatic rings. The Hall–Kier alpha value is -7.22. The molecule has 4 nitrogen and oxygen atoms in total. The Balaban J connectivity index is 1.19. The number of para-hydroxylation sites is 4. The largest absolute Gasteiger partial charge is 0.309 e. The van der Waals surface area contributed by atoms with Gasteiger partial charge < -0.3 is 9.13 Å². The summed E-state index contributed by atoms with van der Waals surface area (Å²) in [6, 6.07) is 63.7. The van der Waals surface area contributed by atoms with E-state index < -0.39 is 0 Å². The standard InChI is InChI=1S/C48H30N4/c1-49-41-21-11-8-19-39(41)43-31-34(30-42(50-43)33-14-4-2-5-15-33)32-24-26-36(27-25-32)52-44-22-12-9-18-37(44)38-28-29-46-47(48(38)52)40-20-10-13-23-45(40)51(46)35-16-6-3-7-17-35/h2-31H. The normalized spacial score (nSPS) is 11.4. The zero-order chi connectivity index (χ0) is 34.6. The van der Waals surface area contributed by atoms with Gasteiger partial charge in [0.05, 0.1) is 40.0 Å². The highest BCUT2D eigenvalue weighted by atomic mass is 15.0. The molecule has 0 fully saturated rings. The molecule has 0 N–H and O–H groups in total. The van der Waals surface area contributed by atoms with E-state index >= 15 is 0 Å². The molecule has 0 saturated carbocycles. The summed E-state index contributed by atoms with van der Waals surface area (Å²) in [6.45, 7) is 7.81. The van der Waals surface area contributed by atoms with E-state index in [0.29, 0.717) is 5.69 Å². The van der Waals surface area contributed by atoms with Gasteiger partial charge >= 0.3 is 0 Å². The lowest BCUT2D eigenvalue weighted by Crippen LogP contribution is -1.96. The number of nitrogens with zero attached hydrogens (tertiary/aromatic N) is 4. The molecular weight excluding hydrogens is 633 g/mol. The molecule has 0 radical (unpaired) electrons. The molecule has 0 saturated heterocycles. The second-order valence-corrected chi connectivity index (χ2v) is 13.1. The molecule has 4 heteroatoms. The van der Waals surface area contributed by atoms with Gasteiger partial charge in [0.25, 0.3) is 0 Å². The first-order chi connectivity index (χ1) is 25.8. The summed E-state index contributed by atoms with van der Waals surface area (Å²) >= 11 is 0. The van der Waals surface area contributed by atoms with Crippen molar-refractivity contribution in [3.8, 4) is 45.0 Å². The molecule has 0 atom stereocenters. The van der Waals surface area contributed by atoms with Crippen LogP contribution in [0, 0.1) is 6.57 Å². The van der Waals surface area contributed by atoms with Gasteiger partial charge in [0.15, 0.2) is 5.69 Å². The third kappa shape index (κ3) is 4.65. The summed E-state index contributed by atoms with van der Waals surface area (Å²) in [5.74, 6) is 0. The minimum atomic E-state index is 0.591. The quantitative estimate of drug-likeness (QED) is 0.169. The summed E-state index contributed by atoms with van der Waals surface area (Å²) in [5.41, 5.74) is 13.2. The van der Waals surface area contributed by atoms with Crippen molar-refractivity contribution in [3.63, 3.8) is 0 Å². The van der Waals surface area contributed by atoms with Crippen molar-refractivity contribution < 1.29 is 0 Å². The molecule has 10 aromatic rings. The average molecular weight is 663 g/mol. The first-order valence-corrected chi connectivity index (χ1v) is 17.4. The van der Waals surface area contributed by atoms with Crippen LogP contribution in [-0.4, -0.2) is 14.1 Å². The van der Waals surface area contributed by atoms with Crippen LogP contribution in [0.25, 0.3) is 93.5 Å². The lowest BCUT2D eigenvalue weighted by molar-refractivity contribution is 1.17. The number of fused-ring (bicyclic) bond motifs is 7. The Bertz CT molecular complexity index is 3000. The SMILES string of the molecule is [C-]#[N+]c1ccccc1-c1cc(-c2ccc(-n3c4ccccc4c4ccc5c(c6ccccc6n5-c5ccccc5)c43)cc2)cc(-c2ccccc2)n1. The van der Waals surface area contributed by atoms with Crippen LogP contribution >= 0.6 is 0 Å². The summed E-state index contributed by atoms with van der Waals surface area (Å²) in [7, 11) is 0. The lowest BCUT2D eigenvalue weighted by Gasteiger charge is -2.13. The number of rotatable bonds is 5. The second kappa shape index (κ2) is 12.0. The zero-order valence-corrected chi connectivity index (χ0v) is 28.1. The van der Waals surface area contributed by atoms with Gasteiger partial charge in [0, 0.05) is 44.0 Å². The molecule has 3 heterocycles. The van der Waals surface area contributed by atoms with Crippen molar-refractivity contribution >= 4 is 49.3 Å². The van der Waals surface area contributed by atoms with Crippen molar-refractivity contribution in [3.05, 3.63) is 193 Å². The maximum absolute atomic E-state index is 7.81. The predicted molar refractivity (Wildman–Crippen MR) is 215 cm³/mol. The monoisotopic (exact) mass is 662 g/mol. The summed E-state index contributed by atoms with van der Waals surface area (Å²) < 4.78 is 4.81. The second-order valence-electron chi connectivity index (χ2n) is 13.1. The molecule has 0 unspecified atom stereocenters. The molecule has 0 bridgehead atoms. The predicted octanol–water partition coefficient (Wildman–Crippen LogP) is 12.8. The van der Waals surface area contributed by atoms with Gasteiger partial charge in [-0.1, -0.05) is 127 Å². The van der Waals surface area contributed by atoms with Crippen molar-refractivity contribution in [1.82, 2.24) is 14.1 Å². The summed E-state index contributed by atoms with van der Waals surface area (Å²) in [5, 5.41) is 4.92. The van der Waals surface area contributed by atoms with Gasteiger partial charge in [-0.3, -0.25) is 0 Å². The Morgan fingerprint density at radius 3 is 1.81 bits per heavy atom.